The van der Waals surface area contributed by atoms with Gasteiger partial charge in [0.05, 0.1) is 9.82 Å². The van der Waals surface area contributed by atoms with E-state index in [4.69, 9.17) is 5.73 Å². The molecule has 0 saturated heterocycles. The summed E-state index contributed by atoms with van der Waals surface area (Å²) >= 11 is 2.64. The lowest BCUT2D eigenvalue weighted by molar-refractivity contribution is -0.387. The number of nitro groups is 1. The molecule has 0 spiro atoms. The molecule has 1 amide bonds. The molecule has 7 nitrogen and oxygen atoms in total. The molecule has 0 aliphatic heterocycles. The SMILES string of the molecule is Cc1csc(Sc2ccc(C(=O)NCC(C)(C)N)cc2[N+](=O)[O-])n1. The van der Waals surface area contributed by atoms with Crippen molar-refractivity contribution >= 4 is 34.7 Å². The van der Waals surface area contributed by atoms with E-state index in [1.54, 1.807) is 26.0 Å². The zero-order valence-electron chi connectivity index (χ0n) is 13.5. The molecule has 9 heteroatoms. The van der Waals surface area contributed by atoms with Gasteiger partial charge in [0.15, 0.2) is 4.34 Å². The molecule has 0 atom stereocenters. The van der Waals surface area contributed by atoms with Crippen LogP contribution < -0.4 is 11.1 Å². The van der Waals surface area contributed by atoms with Crippen LogP contribution in [0, 0.1) is 17.0 Å². The van der Waals surface area contributed by atoms with Crippen LogP contribution in [0.3, 0.4) is 0 Å². The Kier molecular flexibility index (Phi) is 5.58. The normalized spacial score (nSPS) is 11.3. The van der Waals surface area contributed by atoms with Crippen LogP contribution in [0.25, 0.3) is 0 Å². The summed E-state index contributed by atoms with van der Waals surface area (Å²) in [5.74, 6) is -0.390. The molecule has 1 heterocycles. The molecule has 1 aromatic carbocycles. The second-order valence-corrected chi connectivity index (χ2v) is 8.11. The highest BCUT2D eigenvalue weighted by atomic mass is 32.2. The van der Waals surface area contributed by atoms with Crippen molar-refractivity contribution in [1.82, 2.24) is 10.3 Å². The second kappa shape index (κ2) is 7.29. The maximum absolute atomic E-state index is 12.1. The van der Waals surface area contributed by atoms with Gasteiger partial charge in [-0.1, -0.05) is 11.8 Å². The van der Waals surface area contributed by atoms with Gasteiger partial charge in [0.2, 0.25) is 0 Å². The number of nitrogens with two attached hydrogens (primary N) is 1. The van der Waals surface area contributed by atoms with E-state index in [2.05, 4.69) is 10.3 Å². The van der Waals surface area contributed by atoms with Gasteiger partial charge in [-0.2, -0.15) is 0 Å². The van der Waals surface area contributed by atoms with E-state index in [1.165, 1.54) is 29.2 Å². The van der Waals surface area contributed by atoms with E-state index in [0.717, 1.165) is 10.0 Å². The van der Waals surface area contributed by atoms with Crippen LogP contribution in [-0.2, 0) is 0 Å². The van der Waals surface area contributed by atoms with E-state index in [-0.39, 0.29) is 17.8 Å². The van der Waals surface area contributed by atoms with Crippen LogP contribution in [0.1, 0.15) is 29.9 Å². The summed E-state index contributed by atoms with van der Waals surface area (Å²) in [7, 11) is 0. The average Bonchev–Trinajstić information content (AvgIpc) is 2.89. The fourth-order valence-corrected chi connectivity index (χ4v) is 3.65. The summed E-state index contributed by atoms with van der Waals surface area (Å²) in [4.78, 5) is 27.7. The zero-order valence-corrected chi connectivity index (χ0v) is 15.2. The molecule has 128 valence electrons. The van der Waals surface area contributed by atoms with Crippen LogP contribution in [0.5, 0.6) is 0 Å². The summed E-state index contributed by atoms with van der Waals surface area (Å²) in [6.07, 6.45) is 0. The monoisotopic (exact) mass is 366 g/mol. The first-order valence-corrected chi connectivity index (χ1v) is 8.81. The summed E-state index contributed by atoms with van der Waals surface area (Å²) in [5.41, 5.74) is 6.24. The molecule has 1 aromatic heterocycles. The minimum Gasteiger partial charge on any atom is -0.350 e. The standard InChI is InChI=1S/C15H18N4O3S2/c1-9-7-23-14(18-9)24-12-5-4-10(6-11(12)19(21)22)13(20)17-8-15(2,3)16/h4-7H,8,16H2,1-3H3,(H,17,20). The number of nitrogens with one attached hydrogen (secondary N) is 1. The smallest absolute Gasteiger partial charge is 0.284 e. The number of amides is 1. The average molecular weight is 366 g/mol. The quantitative estimate of drug-likeness (QED) is 0.600. The summed E-state index contributed by atoms with van der Waals surface area (Å²) in [5, 5.41) is 15.9. The minimum atomic E-state index is -0.555. The van der Waals surface area contributed by atoms with Crippen molar-refractivity contribution in [3.05, 3.63) is 45.0 Å². The summed E-state index contributed by atoms with van der Waals surface area (Å²) in [6.45, 7) is 5.70. The molecule has 24 heavy (non-hydrogen) atoms. The number of aryl methyl sites for hydroxylation is 1. The molecule has 0 radical (unpaired) electrons. The van der Waals surface area contributed by atoms with E-state index < -0.39 is 16.4 Å². The maximum Gasteiger partial charge on any atom is 0.284 e. The topological polar surface area (TPSA) is 111 Å². The molecule has 0 saturated carbocycles. The third-order valence-corrected chi connectivity index (χ3v) is 5.04. The van der Waals surface area contributed by atoms with Crippen LogP contribution >= 0.6 is 23.1 Å². The van der Waals surface area contributed by atoms with Crippen molar-refractivity contribution in [2.45, 2.75) is 35.5 Å². The number of aromatic nitrogens is 1. The fraction of sp³-hybridized carbons (Fsp3) is 0.333. The van der Waals surface area contributed by atoms with Crippen molar-refractivity contribution in [2.24, 2.45) is 5.73 Å². The fourth-order valence-electron chi connectivity index (χ4n) is 1.77. The predicted octanol–water partition coefficient (Wildman–Crippen LogP) is 2.98. The molecule has 0 aliphatic carbocycles. The molecular weight excluding hydrogens is 348 g/mol. The molecular formula is C15H18N4O3S2. The highest BCUT2D eigenvalue weighted by molar-refractivity contribution is 8.01. The maximum atomic E-state index is 12.1. The number of carbonyl (C=O) groups excluding carboxylic acids is 1. The van der Waals surface area contributed by atoms with Gasteiger partial charge in [-0.05, 0) is 32.9 Å². The van der Waals surface area contributed by atoms with Gasteiger partial charge in [0.25, 0.3) is 11.6 Å². The van der Waals surface area contributed by atoms with Crippen LogP contribution in [-0.4, -0.2) is 27.9 Å². The Morgan fingerprint density at radius 2 is 2.21 bits per heavy atom. The van der Waals surface area contributed by atoms with Crippen molar-refractivity contribution in [1.29, 1.82) is 0 Å². The largest absolute Gasteiger partial charge is 0.350 e. The Hall–Kier alpha value is -1.97. The van der Waals surface area contributed by atoms with E-state index in [0.29, 0.717) is 4.90 Å². The molecule has 0 aliphatic rings. The Morgan fingerprint density at radius 3 is 2.75 bits per heavy atom. The Morgan fingerprint density at radius 1 is 1.50 bits per heavy atom. The summed E-state index contributed by atoms with van der Waals surface area (Å²) in [6, 6.07) is 4.42. The highest BCUT2D eigenvalue weighted by Gasteiger charge is 2.20. The van der Waals surface area contributed by atoms with Crippen LogP contribution in [0.15, 0.2) is 32.8 Å². The molecule has 0 unspecified atom stereocenters. The van der Waals surface area contributed by atoms with E-state index in [1.807, 2.05) is 12.3 Å². The Bertz CT molecular complexity index is 768. The molecule has 0 bridgehead atoms. The third-order valence-electron chi connectivity index (χ3n) is 2.92. The first-order chi connectivity index (χ1) is 11.2. The van der Waals surface area contributed by atoms with Crippen LogP contribution in [0.4, 0.5) is 5.69 Å². The number of hydrogen-bond donors (Lipinski definition) is 2. The van der Waals surface area contributed by atoms with Crippen molar-refractivity contribution in [2.75, 3.05) is 6.54 Å². The number of nitro benzene ring substituents is 1. The van der Waals surface area contributed by atoms with Crippen molar-refractivity contribution in [3.63, 3.8) is 0 Å². The highest BCUT2D eigenvalue weighted by Crippen LogP contribution is 2.36. The lowest BCUT2D eigenvalue weighted by atomic mass is 10.1. The lowest BCUT2D eigenvalue weighted by Crippen LogP contribution is -2.45. The van der Waals surface area contributed by atoms with Crippen LogP contribution in [0.2, 0.25) is 0 Å². The van der Waals surface area contributed by atoms with Crippen molar-refractivity contribution in [3.8, 4) is 0 Å². The van der Waals surface area contributed by atoms with E-state index >= 15 is 0 Å². The van der Waals surface area contributed by atoms with Gasteiger partial charge in [-0.15, -0.1) is 11.3 Å². The number of benzene rings is 1. The van der Waals surface area contributed by atoms with Gasteiger partial charge in [0.1, 0.15) is 0 Å². The number of hydrogen-bond acceptors (Lipinski definition) is 7. The minimum absolute atomic E-state index is 0.118. The third kappa shape index (κ3) is 5.02. The first kappa shape index (κ1) is 18.4. The van der Waals surface area contributed by atoms with Crippen molar-refractivity contribution < 1.29 is 9.72 Å². The first-order valence-electron chi connectivity index (χ1n) is 7.11. The van der Waals surface area contributed by atoms with Gasteiger partial charge in [0, 0.05) is 34.8 Å². The number of rotatable bonds is 6. The zero-order chi connectivity index (χ0) is 17.9. The molecule has 2 rings (SSSR count). The van der Waals surface area contributed by atoms with Gasteiger partial charge in [-0.25, -0.2) is 4.98 Å². The van der Waals surface area contributed by atoms with E-state index in [9.17, 15) is 14.9 Å². The molecule has 3 N–H and O–H groups in total. The predicted molar refractivity (Wildman–Crippen MR) is 94.7 cm³/mol. The molecule has 2 aromatic rings. The Labute approximate surface area is 147 Å². The van der Waals surface area contributed by atoms with Gasteiger partial charge < -0.3 is 11.1 Å². The lowest BCUT2D eigenvalue weighted by Gasteiger charge is -2.18. The number of thiazole rings is 1. The number of nitrogens with zero attached hydrogens (tertiary/aromatic N) is 2. The summed E-state index contributed by atoms with van der Waals surface area (Å²) < 4.78 is 0.720. The van der Waals surface area contributed by atoms with Gasteiger partial charge in [-0.3, -0.25) is 14.9 Å². The van der Waals surface area contributed by atoms with Gasteiger partial charge >= 0.3 is 0 Å². The second-order valence-electron chi connectivity index (χ2n) is 5.97. The molecule has 0 fully saturated rings. The Balaban J connectivity index is 2.23. The number of carbonyl (C=O) groups is 1.